The van der Waals surface area contributed by atoms with Gasteiger partial charge in [-0.25, -0.2) is 0 Å². The Morgan fingerprint density at radius 2 is 1.87 bits per heavy atom. The second-order valence-corrected chi connectivity index (χ2v) is 6.95. The molecule has 2 aromatic rings. The van der Waals surface area contributed by atoms with Crippen molar-refractivity contribution in [3.05, 3.63) is 52.2 Å². The predicted octanol–water partition coefficient (Wildman–Crippen LogP) is 2.52. The summed E-state index contributed by atoms with van der Waals surface area (Å²) in [6.45, 7) is 5.14. The van der Waals surface area contributed by atoms with Crippen LogP contribution in [0, 0.1) is 0 Å². The standard InChI is InChI=1S/C18H24N2O2S/c21-9-5-17-13-19(11-15-1-3-18(22)4-2-15)7-8-20(17)12-16-6-10-23-14-16/h1-4,6,10,14,17,21-22H,5,7-9,11-13H2/t17-/m1/s1. The summed E-state index contributed by atoms with van der Waals surface area (Å²) < 4.78 is 0. The molecule has 124 valence electrons. The largest absolute Gasteiger partial charge is 0.508 e. The first kappa shape index (κ1) is 16.5. The van der Waals surface area contributed by atoms with Crippen LogP contribution in [0.3, 0.4) is 0 Å². The first-order valence-electron chi connectivity index (χ1n) is 8.11. The Hall–Kier alpha value is -1.40. The zero-order chi connectivity index (χ0) is 16.1. The quantitative estimate of drug-likeness (QED) is 0.853. The number of phenols is 1. The number of aromatic hydroxyl groups is 1. The monoisotopic (exact) mass is 332 g/mol. The number of piperazine rings is 1. The maximum atomic E-state index is 9.40. The minimum Gasteiger partial charge on any atom is -0.508 e. The van der Waals surface area contributed by atoms with Crippen molar-refractivity contribution in [2.24, 2.45) is 0 Å². The van der Waals surface area contributed by atoms with Gasteiger partial charge in [0.25, 0.3) is 0 Å². The van der Waals surface area contributed by atoms with Crippen molar-refractivity contribution in [2.75, 3.05) is 26.2 Å². The summed E-state index contributed by atoms with van der Waals surface area (Å²) in [6, 6.07) is 10.0. The number of benzene rings is 1. The van der Waals surface area contributed by atoms with Crippen LogP contribution in [-0.4, -0.2) is 52.3 Å². The van der Waals surface area contributed by atoms with E-state index in [1.54, 1.807) is 23.5 Å². The Labute approximate surface area is 141 Å². The Morgan fingerprint density at radius 3 is 2.57 bits per heavy atom. The third-order valence-corrected chi connectivity index (χ3v) is 5.19. The molecule has 0 saturated carbocycles. The van der Waals surface area contributed by atoms with Gasteiger partial charge in [-0.05, 0) is 46.5 Å². The maximum Gasteiger partial charge on any atom is 0.115 e. The van der Waals surface area contributed by atoms with E-state index in [9.17, 15) is 10.2 Å². The molecule has 1 aromatic carbocycles. The van der Waals surface area contributed by atoms with Gasteiger partial charge in [0.15, 0.2) is 0 Å². The summed E-state index contributed by atoms with van der Waals surface area (Å²) in [7, 11) is 0. The number of rotatable bonds is 6. The van der Waals surface area contributed by atoms with E-state index in [0.29, 0.717) is 11.8 Å². The lowest BCUT2D eigenvalue weighted by Crippen LogP contribution is -2.52. The van der Waals surface area contributed by atoms with E-state index < -0.39 is 0 Å². The zero-order valence-corrected chi connectivity index (χ0v) is 14.1. The molecule has 2 heterocycles. The lowest BCUT2D eigenvalue weighted by atomic mass is 10.1. The molecule has 0 spiro atoms. The van der Waals surface area contributed by atoms with Crippen LogP contribution in [0.4, 0.5) is 0 Å². The topological polar surface area (TPSA) is 46.9 Å². The highest BCUT2D eigenvalue weighted by Gasteiger charge is 2.26. The van der Waals surface area contributed by atoms with Gasteiger partial charge < -0.3 is 10.2 Å². The molecule has 0 bridgehead atoms. The van der Waals surface area contributed by atoms with Crippen LogP contribution in [0.1, 0.15) is 17.5 Å². The van der Waals surface area contributed by atoms with Crippen molar-refractivity contribution in [3.63, 3.8) is 0 Å². The first-order chi connectivity index (χ1) is 11.2. The number of hydrogen-bond donors (Lipinski definition) is 2. The molecule has 2 N–H and O–H groups in total. The fraction of sp³-hybridized carbons (Fsp3) is 0.444. The lowest BCUT2D eigenvalue weighted by Gasteiger charge is -2.41. The molecule has 1 aromatic heterocycles. The number of aliphatic hydroxyl groups excluding tert-OH is 1. The molecule has 0 aliphatic carbocycles. The Bertz CT molecular complexity index is 586. The van der Waals surface area contributed by atoms with E-state index in [1.807, 2.05) is 12.1 Å². The van der Waals surface area contributed by atoms with Gasteiger partial charge >= 0.3 is 0 Å². The minimum atomic E-state index is 0.234. The third-order valence-electron chi connectivity index (χ3n) is 4.46. The Kier molecular flexibility index (Phi) is 5.67. The van der Waals surface area contributed by atoms with Gasteiger partial charge in [0.05, 0.1) is 0 Å². The van der Waals surface area contributed by atoms with Crippen molar-refractivity contribution in [2.45, 2.75) is 25.6 Å². The number of phenolic OH excluding ortho intramolecular Hbond substituents is 1. The van der Waals surface area contributed by atoms with Gasteiger partial charge in [-0.15, -0.1) is 0 Å². The van der Waals surface area contributed by atoms with Gasteiger partial charge in [0, 0.05) is 45.4 Å². The van der Waals surface area contributed by atoms with Gasteiger partial charge in [-0.3, -0.25) is 9.80 Å². The number of thiophene rings is 1. The molecule has 1 fully saturated rings. The molecule has 1 aliphatic rings. The van der Waals surface area contributed by atoms with Crippen molar-refractivity contribution in [1.82, 2.24) is 9.80 Å². The summed E-state index contributed by atoms with van der Waals surface area (Å²) in [5, 5.41) is 23.1. The summed E-state index contributed by atoms with van der Waals surface area (Å²) in [5.74, 6) is 0.312. The number of aliphatic hydroxyl groups is 1. The highest BCUT2D eigenvalue weighted by Crippen LogP contribution is 2.20. The van der Waals surface area contributed by atoms with Crippen LogP contribution in [0.5, 0.6) is 5.75 Å². The fourth-order valence-electron chi connectivity index (χ4n) is 3.21. The highest BCUT2D eigenvalue weighted by molar-refractivity contribution is 7.07. The molecular weight excluding hydrogens is 308 g/mol. The molecule has 0 radical (unpaired) electrons. The van der Waals surface area contributed by atoms with Crippen LogP contribution in [0.15, 0.2) is 41.1 Å². The molecule has 0 unspecified atom stereocenters. The Morgan fingerprint density at radius 1 is 1.04 bits per heavy atom. The van der Waals surface area contributed by atoms with Crippen LogP contribution >= 0.6 is 11.3 Å². The van der Waals surface area contributed by atoms with E-state index >= 15 is 0 Å². The van der Waals surface area contributed by atoms with Gasteiger partial charge in [-0.1, -0.05) is 12.1 Å². The SMILES string of the molecule is OCC[C@@H]1CN(Cc2ccc(O)cc2)CCN1Cc1ccsc1. The maximum absolute atomic E-state index is 9.40. The van der Waals surface area contributed by atoms with Crippen molar-refractivity contribution in [3.8, 4) is 5.75 Å². The van der Waals surface area contributed by atoms with Gasteiger partial charge in [0.1, 0.15) is 5.75 Å². The van der Waals surface area contributed by atoms with E-state index in [-0.39, 0.29) is 6.61 Å². The predicted molar refractivity (Wildman–Crippen MR) is 93.6 cm³/mol. The van der Waals surface area contributed by atoms with Crippen LogP contribution in [0.25, 0.3) is 0 Å². The zero-order valence-electron chi connectivity index (χ0n) is 13.3. The van der Waals surface area contributed by atoms with Gasteiger partial charge in [0.2, 0.25) is 0 Å². The second-order valence-electron chi connectivity index (χ2n) is 6.17. The summed E-state index contributed by atoms with van der Waals surface area (Å²) in [6.07, 6.45) is 0.816. The molecule has 1 saturated heterocycles. The molecule has 23 heavy (non-hydrogen) atoms. The normalized spacial score (nSPS) is 20.0. The molecule has 1 aliphatic heterocycles. The highest BCUT2D eigenvalue weighted by atomic mass is 32.1. The van der Waals surface area contributed by atoms with Crippen molar-refractivity contribution >= 4 is 11.3 Å². The van der Waals surface area contributed by atoms with E-state index in [1.165, 1.54) is 11.1 Å². The minimum absolute atomic E-state index is 0.234. The van der Waals surface area contributed by atoms with Crippen LogP contribution < -0.4 is 0 Å². The van der Waals surface area contributed by atoms with E-state index in [2.05, 4.69) is 26.6 Å². The summed E-state index contributed by atoms with van der Waals surface area (Å²) in [4.78, 5) is 4.93. The molecule has 1 atom stereocenters. The van der Waals surface area contributed by atoms with Crippen LogP contribution in [-0.2, 0) is 13.1 Å². The molecule has 0 amide bonds. The van der Waals surface area contributed by atoms with Crippen molar-refractivity contribution in [1.29, 1.82) is 0 Å². The van der Waals surface area contributed by atoms with Crippen molar-refractivity contribution < 1.29 is 10.2 Å². The second kappa shape index (κ2) is 7.93. The number of hydrogen-bond acceptors (Lipinski definition) is 5. The summed E-state index contributed by atoms with van der Waals surface area (Å²) in [5.41, 5.74) is 2.58. The van der Waals surface area contributed by atoms with E-state index in [0.717, 1.165) is 39.1 Å². The fourth-order valence-corrected chi connectivity index (χ4v) is 3.87. The first-order valence-corrected chi connectivity index (χ1v) is 9.05. The van der Waals surface area contributed by atoms with E-state index in [4.69, 9.17) is 0 Å². The van der Waals surface area contributed by atoms with Gasteiger partial charge in [-0.2, -0.15) is 11.3 Å². The molecule has 4 nitrogen and oxygen atoms in total. The third kappa shape index (κ3) is 4.54. The Balaban J connectivity index is 1.60. The van der Waals surface area contributed by atoms with Crippen LogP contribution in [0.2, 0.25) is 0 Å². The summed E-state index contributed by atoms with van der Waals surface area (Å²) >= 11 is 1.74. The molecule has 5 heteroatoms. The smallest absolute Gasteiger partial charge is 0.115 e. The lowest BCUT2D eigenvalue weighted by molar-refractivity contribution is 0.0500. The average molecular weight is 332 g/mol. The number of nitrogens with zero attached hydrogens (tertiary/aromatic N) is 2. The average Bonchev–Trinajstić information content (AvgIpc) is 3.05. The molecule has 3 rings (SSSR count). The molecular formula is C18H24N2O2S.